The number of alkyl carbamates (subject to hydrolysis) is 1. The van der Waals surface area contributed by atoms with Crippen LogP contribution in [0.3, 0.4) is 0 Å². The number of methoxy groups -OCH3 is 1. The fourth-order valence-electron chi connectivity index (χ4n) is 8.86. The summed E-state index contributed by atoms with van der Waals surface area (Å²) in [6.07, 6.45) is 11.2. The number of hydrogen-bond donors (Lipinski definition) is 1. The largest absolute Gasteiger partial charge is 0.497 e. The maximum absolute atomic E-state index is 14.7. The van der Waals surface area contributed by atoms with Crippen molar-refractivity contribution in [2.45, 2.75) is 135 Å². The van der Waals surface area contributed by atoms with Crippen molar-refractivity contribution in [3.8, 4) is 11.6 Å². The summed E-state index contributed by atoms with van der Waals surface area (Å²) in [5, 5.41) is 3.08. The van der Waals surface area contributed by atoms with E-state index in [4.69, 9.17) is 24.2 Å². The third kappa shape index (κ3) is 6.79. The molecule has 4 aliphatic rings. The predicted octanol–water partition coefficient (Wildman–Crippen LogP) is 6.56. The second-order valence-corrected chi connectivity index (χ2v) is 15.1. The van der Waals surface area contributed by atoms with Crippen molar-refractivity contribution in [2.75, 3.05) is 13.7 Å². The quantitative estimate of drug-likeness (QED) is 0.397. The first-order chi connectivity index (χ1) is 22.5. The van der Waals surface area contributed by atoms with E-state index in [0.717, 1.165) is 88.3 Å². The van der Waals surface area contributed by atoms with E-state index in [0.29, 0.717) is 23.6 Å². The zero-order chi connectivity index (χ0) is 33.3. The summed E-state index contributed by atoms with van der Waals surface area (Å²) in [5.41, 5.74) is 1.20. The Morgan fingerprint density at radius 3 is 2.47 bits per heavy atom. The lowest BCUT2D eigenvalue weighted by atomic mass is 9.70. The Kier molecular flexibility index (Phi) is 9.68. The monoisotopic (exact) mass is 648 g/mol. The average molecular weight is 649 g/mol. The van der Waals surface area contributed by atoms with Gasteiger partial charge in [0.2, 0.25) is 11.8 Å². The molecule has 0 radical (unpaired) electrons. The topological polar surface area (TPSA) is 120 Å². The number of amides is 2. The summed E-state index contributed by atoms with van der Waals surface area (Å²) in [7, 11) is 1.62. The molecule has 0 spiro atoms. The summed E-state index contributed by atoms with van der Waals surface area (Å²) in [6, 6.07) is 4.15. The number of nitrogens with one attached hydrogen (secondary N) is 1. The molecule has 1 N–H and O–H groups in total. The number of Topliss-reactive ketones (excluding diaryl/α,β-unsaturated/α-hetero) is 1. The average Bonchev–Trinajstić information content (AvgIpc) is 3.57. The van der Waals surface area contributed by atoms with E-state index in [2.05, 4.69) is 19.2 Å². The van der Waals surface area contributed by atoms with Gasteiger partial charge in [0.25, 0.3) is 0 Å². The first kappa shape index (κ1) is 33.5. The van der Waals surface area contributed by atoms with Crippen LogP contribution in [0.2, 0.25) is 0 Å². The normalized spacial score (nSPS) is 31.9. The smallest absolute Gasteiger partial charge is 0.408 e. The number of nitrogens with zero attached hydrogens (tertiary/aromatic N) is 3. The summed E-state index contributed by atoms with van der Waals surface area (Å²) >= 11 is 0. The zero-order valence-electron chi connectivity index (χ0n) is 28.8. The molecule has 2 amide bonds. The van der Waals surface area contributed by atoms with E-state index in [1.165, 1.54) is 6.92 Å². The highest BCUT2D eigenvalue weighted by atomic mass is 16.6. The van der Waals surface area contributed by atoms with Gasteiger partial charge in [0.1, 0.15) is 29.2 Å². The zero-order valence-corrected chi connectivity index (χ0v) is 28.8. The molecule has 2 aliphatic carbocycles. The van der Waals surface area contributed by atoms with Crippen molar-refractivity contribution in [3.63, 3.8) is 0 Å². The van der Waals surface area contributed by atoms with Gasteiger partial charge in [0, 0.05) is 12.0 Å². The summed E-state index contributed by atoms with van der Waals surface area (Å²) in [4.78, 5) is 53.2. The van der Waals surface area contributed by atoms with Crippen molar-refractivity contribution in [1.29, 1.82) is 0 Å². The van der Waals surface area contributed by atoms with Crippen molar-refractivity contribution in [2.24, 2.45) is 17.3 Å². The minimum atomic E-state index is -0.811. The second kappa shape index (κ2) is 13.6. The molecule has 10 heteroatoms. The van der Waals surface area contributed by atoms with Crippen LogP contribution in [0, 0.1) is 17.3 Å². The predicted molar refractivity (Wildman–Crippen MR) is 178 cm³/mol. The number of fused-ring (bicyclic) bond motifs is 5. The highest BCUT2D eigenvalue weighted by Gasteiger charge is 2.51. The first-order valence-corrected chi connectivity index (χ1v) is 17.8. The van der Waals surface area contributed by atoms with Crippen molar-refractivity contribution in [1.82, 2.24) is 20.2 Å². The molecule has 1 aromatic carbocycles. The Morgan fingerprint density at radius 2 is 1.72 bits per heavy atom. The van der Waals surface area contributed by atoms with Crippen molar-refractivity contribution in [3.05, 3.63) is 23.9 Å². The second-order valence-electron chi connectivity index (χ2n) is 15.1. The molecule has 10 nitrogen and oxygen atoms in total. The van der Waals surface area contributed by atoms with E-state index in [-0.39, 0.29) is 30.1 Å². The molecule has 2 aliphatic heterocycles. The molecule has 6 rings (SSSR count). The molecule has 256 valence electrons. The molecule has 2 saturated carbocycles. The van der Waals surface area contributed by atoms with Crippen LogP contribution in [0.5, 0.6) is 11.6 Å². The third-order valence-corrected chi connectivity index (χ3v) is 11.7. The van der Waals surface area contributed by atoms with Gasteiger partial charge in [-0.25, -0.2) is 14.8 Å². The molecule has 3 heterocycles. The van der Waals surface area contributed by atoms with Gasteiger partial charge in [-0.15, -0.1) is 0 Å². The van der Waals surface area contributed by atoms with Crippen LogP contribution < -0.4 is 14.8 Å². The van der Waals surface area contributed by atoms with E-state index in [9.17, 15) is 14.4 Å². The van der Waals surface area contributed by atoms with Crippen molar-refractivity contribution >= 4 is 28.8 Å². The minimum Gasteiger partial charge on any atom is -0.497 e. The molecule has 47 heavy (non-hydrogen) atoms. The molecule has 2 aromatic rings. The van der Waals surface area contributed by atoms with Gasteiger partial charge < -0.3 is 24.4 Å². The number of ketones is 1. The third-order valence-electron chi connectivity index (χ3n) is 11.7. The van der Waals surface area contributed by atoms with Crippen LogP contribution in [0.15, 0.2) is 18.2 Å². The number of aryl methyl sites for hydroxylation is 1. The number of rotatable bonds is 3. The maximum Gasteiger partial charge on any atom is 0.408 e. The maximum atomic E-state index is 14.7. The molecule has 0 unspecified atom stereocenters. The molecular weight excluding hydrogens is 596 g/mol. The summed E-state index contributed by atoms with van der Waals surface area (Å²) in [6.45, 7) is 7.87. The number of ether oxygens (including phenoxy) is 3. The standard InChI is InChI=1S/C37H52N4O6/c1-23-30-22-41(31(23)24(2)42)34(43)32(36(3)18-10-7-11-19-36)40-35(44)47-37(4)20-12-14-25(37)13-8-6-9-15-28-33(46-30)39-29-21-26(45-5)16-17-27(29)38-28/h16-17,21,23,25,30-32H,6-15,18-20,22H2,1-5H3,(H,40,44)/t23-,25-,30+,31+,32-,37-/m1/s1. The highest BCUT2D eigenvalue weighted by molar-refractivity contribution is 5.92. The summed E-state index contributed by atoms with van der Waals surface area (Å²) in [5.74, 6) is 0.757. The molecule has 3 fully saturated rings. The van der Waals surface area contributed by atoms with E-state index >= 15 is 0 Å². The van der Waals surface area contributed by atoms with Crippen LogP contribution in [-0.2, 0) is 20.7 Å². The Balaban J connectivity index is 1.39. The lowest BCUT2D eigenvalue weighted by molar-refractivity contribution is -0.142. The van der Waals surface area contributed by atoms with Crippen LogP contribution in [0.25, 0.3) is 11.0 Å². The Hall–Kier alpha value is -3.43. The number of carbonyl (C=O) groups excluding carboxylic acids is 3. The lowest BCUT2D eigenvalue weighted by Gasteiger charge is -2.42. The number of benzene rings is 1. The number of aromatic nitrogens is 2. The van der Waals surface area contributed by atoms with Gasteiger partial charge in [-0.05, 0) is 88.7 Å². The molecule has 6 atom stereocenters. The molecule has 1 aromatic heterocycles. The highest BCUT2D eigenvalue weighted by Crippen LogP contribution is 2.44. The SMILES string of the molecule is COc1ccc2nc3c(nc2c1)O[C@H]1CN(C(=O)[C@H](C2(C)CCCCC2)NC(=O)O[C@]2(C)CCC[C@H]2CCCCC3)[C@H](C(C)=O)[C@@H]1C. The van der Waals surface area contributed by atoms with Gasteiger partial charge in [-0.3, -0.25) is 9.59 Å². The van der Waals surface area contributed by atoms with E-state index < -0.39 is 35.3 Å². The minimum absolute atomic E-state index is 0.103. The van der Waals surface area contributed by atoms with Crippen LogP contribution in [0.4, 0.5) is 4.79 Å². The molecule has 2 bridgehead atoms. The van der Waals surface area contributed by atoms with E-state index in [1.807, 2.05) is 25.1 Å². The Labute approximate surface area is 278 Å². The fraction of sp³-hybridized carbons (Fsp3) is 0.703. The van der Waals surface area contributed by atoms with Gasteiger partial charge >= 0.3 is 6.09 Å². The number of carbonyl (C=O) groups is 3. The van der Waals surface area contributed by atoms with E-state index in [1.54, 1.807) is 12.0 Å². The molecule has 1 saturated heterocycles. The number of hydrogen-bond acceptors (Lipinski definition) is 8. The van der Waals surface area contributed by atoms with Gasteiger partial charge in [0.05, 0.1) is 30.7 Å². The van der Waals surface area contributed by atoms with Crippen molar-refractivity contribution < 1.29 is 28.6 Å². The van der Waals surface area contributed by atoms with Gasteiger partial charge in [0.15, 0.2) is 5.78 Å². The Bertz CT molecular complexity index is 1490. The van der Waals surface area contributed by atoms with Gasteiger partial charge in [-0.2, -0.15) is 0 Å². The van der Waals surface area contributed by atoms with Crippen LogP contribution in [0.1, 0.15) is 110 Å². The molecular formula is C37H52N4O6. The summed E-state index contributed by atoms with van der Waals surface area (Å²) < 4.78 is 18.4. The first-order valence-electron chi connectivity index (χ1n) is 17.8. The fourth-order valence-corrected chi connectivity index (χ4v) is 8.86. The Morgan fingerprint density at radius 1 is 0.979 bits per heavy atom. The van der Waals surface area contributed by atoms with Crippen LogP contribution in [-0.4, -0.2) is 70.1 Å². The lowest BCUT2D eigenvalue weighted by Crippen LogP contribution is -2.59. The van der Waals surface area contributed by atoms with Gasteiger partial charge in [-0.1, -0.05) is 46.0 Å². The van der Waals surface area contributed by atoms with Crippen LogP contribution >= 0.6 is 0 Å².